The van der Waals surface area contributed by atoms with E-state index in [0.717, 1.165) is 10.2 Å². The van der Waals surface area contributed by atoms with Crippen molar-refractivity contribution in [3.63, 3.8) is 0 Å². The molecule has 0 bridgehead atoms. The van der Waals surface area contributed by atoms with Crippen molar-refractivity contribution in [1.29, 1.82) is 0 Å². The van der Waals surface area contributed by atoms with Gasteiger partial charge in [-0.25, -0.2) is 0 Å². The topological polar surface area (TPSA) is 29.1 Å². The van der Waals surface area contributed by atoms with E-state index >= 15 is 0 Å². The normalized spacial score (nSPS) is 10.3. The molecule has 2 nitrogen and oxygen atoms in total. The van der Waals surface area contributed by atoms with E-state index in [4.69, 9.17) is 0 Å². The molecular weight excluding hydrogens is 230 g/mol. The zero-order valence-corrected chi connectivity index (χ0v) is 8.84. The Kier molecular flexibility index (Phi) is 3.71. The summed E-state index contributed by atoms with van der Waals surface area (Å²) in [5, 5.41) is 2.72. The van der Waals surface area contributed by atoms with E-state index in [-0.39, 0.29) is 5.91 Å². The molecular formula is C10H10BrNO. The van der Waals surface area contributed by atoms with Crippen LogP contribution in [0.3, 0.4) is 0 Å². The third-order valence-corrected chi connectivity index (χ3v) is 1.96. The first-order valence-electron chi connectivity index (χ1n) is 3.91. The number of hydrogen-bond acceptors (Lipinski definition) is 1. The van der Waals surface area contributed by atoms with Crippen molar-refractivity contribution in [3.8, 4) is 0 Å². The van der Waals surface area contributed by atoms with Gasteiger partial charge in [-0.15, -0.1) is 0 Å². The summed E-state index contributed by atoms with van der Waals surface area (Å²) in [7, 11) is 0. The van der Waals surface area contributed by atoms with Crippen molar-refractivity contribution >= 4 is 27.5 Å². The molecule has 0 saturated heterocycles. The van der Waals surface area contributed by atoms with Crippen LogP contribution >= 0.6 is 15.9 Å². The van der Waals surface area contributed by atoms with Crippen LogP contribution in [0.5, 0.6) is 0 Å². The number of halogens is 1. The highest BCUT2D eigenvalue weighted by molar-refractivity contribution is 9.10. The minimum absolute atomic E-state index is 0.107. The van der Waals surface area contributed by atoms with Gasteiger partial charge in [0.1, 0.15) is 0 Å². The molecule has 3 heteroatoms. The number of amides is 1. The summed E-state index contributed by atoms with van der Waals surface area (Å²) in [5.74, 6) is -0.107. The molecule has 0 atom stereocenters. The number of allylic oxidation sites excluding steroid dienone is 1. The number of rotatable bonds is 2. The highest BCUT2D eigenvalue weighted by Gasteiger charge is 1.95. The van der Waals surface area contributed by atoms with Crippen molar-refractivity contribution in [2.75, 3.05) is 5.32 Å². The van der Waals surface area contributed by atoms with Gasteiger partial charge in [0.25, 0.3) is 0 Å². The smallest absolute Gasteiger partial charge is 0.248 e. The molecule has 0 unspecified atom stereocenters. The second-order valence-corrected chi connectivity index (χ2v) is 3.41. The Hall–Kier alpha value is -1.09. The van der Waals surface area contributed by atoms with Crippen LogP contribution in [-0.4, -0.2) is 5.91 Å². The molecule has 0 radical (unpaired) electrons. The van der Waals surface area contributed by atoms with Crippen molar-refractivity contribution in [2.45, 2.75) is 6.92 Å². The summed E-state index contributed by atoms with van der Waals surface area (Å²) in [5.41, 5.74) is 0.798. The Balaban J connectivity index is 2.64. The molecule has 1 amide bonds. The Morgan fingerprint density at radius 1 is 1.38 bits per heavy atom. The van der Waals surface area contributed by atoms with Crippen LogP contribution in [0.1, 0.15) is 6.92 Å². The minimum Gasteiger partial charge on any atom is -0.323 e. The summed E-state index contributed by atoms with van der Waals surface area (Å²) in [6.45, 7) is 1.81. The molecule has 0 aliphatic rings. The van der Waals surface area contributed by atoms with E-state index in [9.17, 15) is 4.79 Å². The zero-order valence-electron chi connectivity index (χ0n) is 7.25. The molecule has 0 spiro atoms. The van der Waals surface area contributed by atoms with E-state index in [0.29, 0.717) is 0 Å². The van der Waals surface area contributed by atoms with Gasteiger partial charge in [0, 0.05) is 10.2 Å². The summed E-state index contributed by atoms with van der Waals surface area (Å²) in [6.07, 6.45) is 3.19. The molecule has 1 aromatic rings. The van der Waals surface area contributed by atoms with Gasteiger partial charge in [-0.3, -0.25) is 4.79 Å². The molecule has 0 aliphatic carbocycles. The summed E-state index contributed by atoms with van der Waals surface area (Å²) in [4.78, 5) is 11.1. The standard InChI is InChI=1S/C10H10BrNO/c1-2-3-10(13)12-9-6-4-8(11)5-7-9/h2-7H,1H3,(H,12,13)/b3-2+. The summed E-state index contributed by atoms with van der Waals surface area (Å²) < 4.78 is 0.997. The Bertz CT molecular complexity index is 316. The van der Waals surface area contributed by atoms with Crippen molar-refractivity contribution < 1.29 is 4.79 Å². The first-order chi connectivity index (χ1) is 6.22. The predicted octanol–water partition coefficient (Wildman–Crippen LogP) is 2.96. The minimum atomic E-state index is -0.107. The maximum absolute atomic E-state index is 11.1. The first-order valence-corrected chi connectivity index (χ1v) is 4.71. The molecule has 13 heavy (non-hydrogen) atoms. The summed E-state index contributed by atoms with van der Waals surface area (Å²) >= 11 is 3.32. The number of anilines is 1. The predicted molar refractivity (Wildman–Crippen MR) is 57.6 cm³/mol. The van der Waals surface area contributed by atoms with Gasteiger partial charge in [-0.1, -0.05) is 22.0 Å². The van der Waals surface area contributed by atoms with Crippen LogP contribution in [0.4, 0.5) is 5.69 Å². The number of hydrogen-bond donors (Lipinski definition) is 1. The third kappa shape index (κ3) is 3.42. The van der Waals surface area contributed by atoms with Crippen molar-refractivity contribution in [3.05, 3.63) is 40.9 Å². The summed E-state index contributed by atoms with van der Waals surface area (Å²) in [6, 6.07) is 7.44. The zero-order chi connectivity index (χ0) is 9.68. The average Bonchev–Trinajstić information content (AvgIpc) is 2.09. The number of nitrogens with one attached hydrogen (secondary N) is 1. The lowest BCUT2D eigenvalue weighted by Gasteiger charge is -2.00. The lowest BCUT2D eigenvalue weighted by molar-refractivity contribution is -0.111. The molecule has 0 aromatic heterocycles. The van der Waals surface area contributed by atoms with Crippen molar-refractivity contribution in [2.24, 2.45) is 0 Å². The monoisotopic (exact) mass is 239 g/mol. The average molecular weight is 240 g/mol. The fourth-order valence-electron chi connectivity index (χ4n) is 0.869. The van der Waals surface area contributed by atoms with Crippen LogP contribution in [0.2, 0.25) is 0 Å². The van der Waals surface area contributed by atoms with Gasteiger partial charge >= 0.3 is 0 Å². The van der Waals surface area contributed by atoms with Crippen LogP contribution in [-0.2, 0) is 4.79 Å². The molecule has 0 aliphatic heterocycles. The van der Waals surface area contributed by atoms with E-state index < -0.39 is 0 Å². The molecule has 1 aromatic carbocycles. The fraction of sp³-hybridized carbons (Fsp3) is 0.100. The van der Waals surface area contributed by atoms with Gasteiger partial charge in [0.2, 0.25) is 5.91 Å². The van der Waals surface area contributed by atoms with E-state index in [1.54, 1.807) is 13.0 Å². The second kappa shape index (κ2) is 4.82. The SMILES string of the molecule is C/C=C/C(=O)Nc1ccc(Br)cc1. The Morgan fingerprint density at radius 3 is 2.54 bits per heavy atom. The van der Waals surface area contributed by atoms with Gasteiger partial charge < -0.3 is 5.32 Å². The lowest BCUT2D eigenvalue weighted by Crippen LogP contribution is -2.07. The number of carbonyl (C=O) groups is 1. The molecule has 0 saturated carbocycles. The molecule has 1 N–H and O–H groups in total. The number of carbonyl (C=O) groups excluding carboxylic acids is 1. The van der Waals surface area contributed by atoms with Crippen LogP contribution in [0.15, 0.2) is 40.9 Å². The van der Waals surface area contributed by atoms with Gasteiger partial charge in [-0.2, -0.15) is 0 Å². The number of benzene rings is 1. The van der Waals surface area contributed by atoms with E-state index in [2.05, 4.69) is 21.2 Å². The largest absolute Gasteiger partial charge is 0.323 e. The Morgan fingerprint density at radius 2 is 2.00 bits per heavy atom. The lowest BCUT2D eigenvalue weighted by atomic mass is 10.3. The van der Waals surface area contributed by atoms with Crippen LogP contribution in [0, 0.1) is 0 Å². The molecule has 0 heterocycles. The quantitative estimate of drug-likeness (QED) is 0.791. The van der Waals surface area contributed by atoms with E-state index in [1.807, 2.05) is 24.3 Å². The second-order valence-electron chi connectivity index (χ2n) is 2.50. The maximum Gasteiger partial charge on any atom is 0.248 e. The highest BCUT2D eigenvalue weighted by atomic mass is 79.9. The maximum atomic E-state index is 11.1. The third-order valence-electron chi connectivity index (χ3n) is 1.43. The van der Waals surface area contributed by atoms with E-state index in [1.165, 1.54) is 6.08 Å². The van der Waals surface area contributed by atoms with Crippen molar-refractivity contribution in [1.82, 2.24) is 0 Å². The molecule has 1 rings (SSSR count). The Labute approximate surface area is 85.8 Å². The molecule has 68 valence electrons. The van der Waals surface area contributed by atoms with Gasteiger partial charge in [0.05, 0.1) is 0 Å². The molecule has 0 fully saturated rings. The van der Waals surface area contributed by atoms with Gasteiger partial charge in [0.15, 0.2) is 0 Å². The van der Waals surface area contributed by atoms with Crippen LogP contribution < -0.4 is 5.32 Å². The fourth-order valence-corrected chi connectivity index (χ4v) is 1.13. The highest BCUT2D eigenvalue weighted by Crippen LogP contribution is 2.13. The van der Waals surface area contributed by atoms with Crippen LogP contribution in [0.25, 0.3) is 0 Å². The first kappa shape index (κ1) is 9.99. The van der Waals surface area contributed by atoms with Gasteiger partial charge in [-0.05, 0) is 37.3 Å².